The van der Waals surface area contributed by atoms with Crippen LogP contribution in [0.25, 0.3) is 0 Å². The summed E-state index contributed by atoms with van der Waals surface area (Å²) in [6.07, 6.45) is 0.506. The fourth-order valence-corrected chi connectivity index (χ4v) is 7.02. The van der Waals surface area contributed by atoms with E-state index in [-0.39, 0.29) is 70.3 Å². The maximum atomic E-state index is 14.3. The van der Waals surface area contributed by atoms with Crippen molar-refractivity contribution in [2.75, 3.05) is 53.3 Å². The van der Waals surface area contributed by atoms with E-state index >= 15 is 0 Å². The van der Waals surface area contributed by atoms with Crippen molar-refractivity contribution in [1.29, 1.82) is 0 Å². The molecule has 3 aliphatic rings. The highest BCUT2D eigenvalue weighted by Gasteiger charge is 2.39. The molecule has 2 bridgehead atoms. The first kappa shape index (κ1) is 38.1. The summed E-state index contributed by atoms with van der Waals surface area (Å²) in [5, 5.41) is 8.85. The Hall–Kier alpha value is -5.63. The molecule has 6 rings (SSSR count). The molecule has 3 N–H and O–H groups in total. The number of amides is 5. The minimum atomic E-state index is -1.02. The maximum absolute atomic E-state index is 14.3. The normalized spacial score (nSPS) is 22.1. The second kappa shape index (κ2) is 17.5. The number of hydrogen-bond acceptors (Lipinski definition) is 9. The fraction of sp³-hybridized carbons (Fsp3) is 0.425. The van der Waals surface area contributed by atoms with E-state index < -0.39 is 41.8 Å². The Balaban J connectivity index is 1.33. The largest absolute Gasteiger partial charge is 0.484 e. The topological polar surface area (TPSA) is 165 Å². The van der Waals surface area contributed by atoms with Crippen LogP contribution in [0.15, 0.2) is 72.8 Å². The molecule has 14 heteroatoms. The Labute approximate surface area is 314 Å². The van der Waals surface area contributed by atoms with Crippen molar-refractivity contribution in [3.8, 4) is 17.2 Å². The number of carbonyl (C=O) groups is 5. The lowest BCUT2D eigenvalue weighted by molar-refractivity contribution is -0.141. The number of nitrogens with one attached hydrogen (secondary N) is 3. The van der Waals surface area contributed by atoms with Gasteiger partial charge >= 0.3 is 0 Å². The molecule has 286 valence electrons. The third-order valence-electron chi connectivity index (χ3n) is 9.70. The number of fused-ring (bicyclic) bond motifs is 5. The van der Waals surface area contributed by atoms with Crippen LogP contribution in [0.2, 0.25) is 0 Å². The zero-order valence-electron chi connectivity index (χ0n) is 30.7. The third-order valence-corrected chi connectivity index (χ3v) is 9.70. The third kappa shape index (κ3) is 9.47. The van der Waals surface area contributed by atoms with Gasteiger partial charge in [-0.25, -0.2) is 0 Å². The average Bonchev–Trinajstić information content (AvgIpc) is 3.81. The lowest BCUT2D eigenvalue weighted by atomic mass is 9.93. The number of nitrogens with zero attached hydrogens (tertiary/aromatic N) is 2. The van der Waals surface area contributed by atoms with Crippen molar-refractivity contribution in [3.63, 3.8) is 0 Å². The monoisotopic (exact) mass is 741 g/mol. The molecule has 5 amide bonds. The Kier molecular flexibility index (Phi) is 12.3. The van der Waals surface area contributed by atoms with E-state index in [1.165, 1.54) is 12.0 Å². The Morgan fingerprint density at radius 1 is 0.852 bits per heavy atom. The highest BCUT2D eigenvalue weighted by Crippen LogP contribution is 2.35. The molecule has 3 aromatic rings. The summed E-state index contributed by atoms with van der Waals surface area (Å²) in [5.74, 6) is -1.04. The molecule has 0 spiro atoms. The van der Waals surface area contributed by atoms with E-state index in [1.807, 2.05) is 50.2 Å². The van der Waals surface area contributed by atoms with E-state index in [0.29, 0.717) is 29.2 Å². The molecule has 14 nitrogen and oxygen atoms in total. The summed E-state index contributed by atoms with van der Waals surface area (Å²) in [7, 11) is 1.49. The summed E-state index contributed by atoms with van der Waals surface area (Å²) < 4.78 is 22.1. The highest BCUT2D eigenvalue weighted by atomic mass is 16.7. The van der Waals surface area contributed by atoms with E-state index in [4.69, 9.17) is 18.9 Å². The highest BCUT2D eigenvalue weighted by molar-refractivity contribution is 5.96. The van der Waals surface area contributed by atoms with Gasteiger partial charge in [0.25, 0.3) is 11.8 Å². The van der Waals surface area contributed by atoms with Crippen molar-refractivity contribution in [2.45, 2.75) is 50.7 Å². The van der Waals surface area contributed by atoms with Gasteiger partial charge in [-0.1, -0.05) is 56.3 Å². The lowest BCUT2D eigenvalue weighted by Crippen LogP contribution is -2.56. The zero-order valence-corrected chi connectivity index (χ0v) is 30.7. The van der Waals surface area contributed by atoms with Crippen molar-refractivity contribution in [1.82, 2.24) is 25.8 Å². The van der Waals surface area contributed by atoms with Gasteiger partial charge in [-0.05, 0) is 53.8 Å². The number of methoxy groups -OCH3 is 1. The maximum Gasteiger partial charge on any atom is 0.258 e. The summed E-state index contributed by atoms with van der Waals surface area (Å²) in [6.45, 7) is 3.92. The molecule has 1 fully saturated rings. The molecule has 3 heterocycles. The van der Waals surface area contributed by atoms with Crippen LogP contribution in [0.1, 0.15) is 47.7 Å². The minimum Gasteiger partial charge on any atom is -0.484 e. The van der Waals surface area contributed by atoms with Gasteiger partial charge < -0.3 is 44.7 Å². The van der Waals surface area contributed by atoms with Crippen molar-refractivity contribution >= 4 is 29.5 Å². The zero-order chi connectivity index (χ0) is 38.2. The van der Waals surface area contributed by atoms with Crippen LogP contribution in [0.5, 0.6) is 17.2 Å². The van der Waals surface area contributed by atoms with Gasteiger partial charge in [-0.3, -0.25) is 24.0 Å². The SMILES string of the molecule is COCCN1CC(=O)N[C@@H](Cc2ccccc2)C(=O)N[C@@H]2CN(C(=O)c3ccc4c(c3)OCO4)C[C@H]2c2cccc(c2)OCC(=O)N[C@H](CC(C)C)C1=O. The predicted molar refractivity (Wildman–Crippen MR) is 197 cm³/mol. The molecular weight excluding hydrogens is 694 g/mol. The van der Waals surface area contributed by atoms with Gasteiger partial charge in [0.15, 0.2) is 18.1 Å². The molecule has 1 saturated heterocycles. The molecule has 4 atom stereocenters. The van der Waals surface area contributed by atoms with Crippen LogP contribution < -0.4 is 30.2 Å². The lowest BCUT2D eigenvalue weighted by Gasteiger charge is -2.29. The van der Waals surface area contributed by atoms with Crippen LogP contribution in [0, 0.1) is 5.92 Å². The van der Waals surface area contributed by atoms with Crippen LogP contribution in [-0.4, -0.2) is 111 Å². The van der Waals surface area contributed by atoms with Gasteiger partial charge in [0.05, 0.1) is 19.2 Å². The van der Waals surface area contributed by atoms with E-state index in [9.17, 15) is 24.0 Å². The first-order valence-electron chi connectivity index (χ1n) is 18.2. The molecule has 54 heavy (non-hydrogen) atoms. The summed E-state index contributed by atoms with van der Waals surface area (Å²) in [4.78, 5) is 72.1. The van der Waals surface area contributed by atoms with Crippen LogP contribution in [0.4, 0.5) is 0 Å². The molecule has 0 saturated carbocycles. The molecule has 0 aliphatic carbocycles. The molecule has 0 radical (unpaired) electrons. The van der Waals surface area contributed by atoms with Crippen LogP contribution >= 0.6 is 0 Å². The second-order valence-corrected chi connectivity index (χ2v) is 14.2. The molecule has 0 aromatic heterocycles. The summed E-state index contributed by atoms with van der Waals surface area (Å²) in [5.41, 5.74) is 2.02. The van der Waals surface area contributed by atoms with Crippen molar-refractivity contribution in [3.05, 3.63) is 89.5 Å². The number of likely N-dealkylation sites (tertiary alicyclic amines) is 1. The van der Waals surface area contributed by atoms with Crippen LogP contribution in [-0.2, 0) is 30.3 Å². The predicted octanol–water partition coefficient (Wildman–Crippen LogP) is 2.27. The van der Waals surface area contributed by atoms with Gasteiger partial charge in [0.2, 0.25) is 24.5 Å². The Morgan fingerprint density at radius 2 is 1.63 bits per heavy atom. The molecular formula is C40H47N5O9. The Morgan fingerprint density at radius 3 is 2.41 bits per heavy atom. The average molecular weight is 742 g/mol. The molecule has 0 unspecified atom stereocenters. The number of hydrogen-bond donors (Lipinski definition) is 3. The van der Waals surface area contributed by atoms with Gasteiger partial charge in [0.1, 0.15) is 17.8 Å². The number of ether oxygens (including phenoxy) is 4. The van der Waals surface area contributed by atoms with Gasteiger partial charge in [0, 0.05) is 44.6 Å². The van der Waals surface area contributed by atoms with Crippen LogP contribution in [0.3, 0.4) is 0 Å². The van der Waals surface area contributed by atoms with E-state index in [1.54, 1.807) is 41.3 Å². The minimum absolute atomic E-state index is 0.0441. The molecule has 3 aromatic carbocycles. The van der Waals surface area contributed by atoms with E-state index in [2.05, 4.69) is 16.0 Å². The van der Waals surface area contributed by atoms with Gasteiger partial charge in [-0.15, -0.1) is 0 Å². The van der Waals surface area contributed by atoms with E-state index in [0.717, 1.165) is 11.1 Å². The standard InChI is InChI=1S/C40H47N5O9/c1-25(2)16-32-40(50)44(14-15-51-3)22-36(46)41-31(17-26-8-5-4-6-9-26)38(48)43-33-21-45(39(49)28-12-13-34-35(19-28)54-24-53-34)20-30(33)27-10-7-11-29(18-27)52-23-37(47)42-32/h4-13,18-19,25,30-33H,14-17,20-24H2,1-3H3,(H,41,46)(H,42,47)(H,43,48)/t30-,31-,32+,33+/m0/s1. The first-order valence-corrected chi connectivity index (χ1v) is 18.2. The smallest absolute Gasteiger partial charge is 0.258 e. The summed E-state index contributed by atoms with van der Waals surface area (Å²) >= 11 is 0. The Bertz CT molecular complexity index is 1840. The van der Waals surface area contributed by atoms with Crippen molar-refractivity contribution < 1.29 is 42.9 Å². The van der Waals surface area contributed by atoms with Crippen molar-refractivity contribution in [2.24, 2.45) is 5.92 Å². The first-order chi connectivity index (χ1) is 26.1. The quantitative estimate of drug-likeness (QED) is 0.314. The number of rotatable bonds is 8. The van der Waals surface area contributed by atoms with Gasteiger partial charge in [-0.2, -0.15) is 0 Å². The number of benzene rings is 3. The second-order valence-electron chi connectivity index (χ2n) is 14.2. The number of carbonyl (C=O) groups excluding carboxylic acids is 5. The molecule has 3 aliphatic heterocycles. The fourth-order valence-electron chi connectivity index (χ4n) is 7.02. The summed E-state index contributed by atoms with van der Waals surface area (Å²) in [6, 6.07) is 19.0.